The first kappa shape index (κ1) is 16.7. The van der Waals surface area contributed by atoms with Crippen LogP contribution in [0, 0.1) is 11.8 Å². The van der Waals surface area contributed by atoms with Gasteiger partial charge in [-0.3, -0.25) is 14.7 Å². The number of piperidine rings is 3. The minimum Gasteiger partial charge on any atom is -0.453 e. The summed E-state index contributed by atoms with van der Waals surface area (Å²) in [6.45, 7) is 2.32. The summed E-state index contributed by atoms with van der Waals surface area (Å²) < 4.78 is 5.83. The molecule has 2 aromatic heterocycles. The first-order valence-electron chi connectivity index (χ1n) is 9.92. The molecule has 0 spiro atoms. The van der Waals surface area contributed by atoms with E-state index in [1.807, 2.05) is 48.8 Å². The highest BCUT2D eigenvalue weighted by molar-refractivity contribution is 5.97. The van der Waals surface area contributed by atoms with Gasteiger partial charge in [-0.15, -0.1) is 0 Å². The van der Waals surface area contributed by atoms with E-state index in [1.165, 1.54) is 18.4 Å². The Morgan fingerprint density at radius 2 is 2.00 bits per heavy atom. The topological polar surface area (TPSA) is 46.3 Å². The largest absolute Gasteiger partial charge is 0.453 e. The van der Waals surface area contributed by atoms with Crippen molar-refractivity contribution >= 4 is 16.8 Å². The Hall–Kier alpha value is -2.46. The lowest BCUT2D eigenvalue weighted by molar-refractivity contribution is -0.0115. The number of nitrogens with zero attached hydrogens (tertiary/aromatic N) is 2. The molecule has 0 radical (unpaired) electrons. The van der Waals surface area contributed by atoms with Crippen molar-refractivity contribution in [3.8, 4) is 0 Å². The van der Waals surface area contributed by atoms with Gasteiger partial charge in [-0.2, -0.15) is 0 Å². The lowest BCUT2D eigenvalue weighted by Crippen LogP contribution is -2.56. The molecule has 2 bridgehead atoms. The van der Waals surface area contributed by atoms with Gasteiger partial charge in [0.15, 0.2) is 11.5 Å². The summed E-state index contributed by atoms with van der Waals surface area (Å²) >= 11 is 0. The van der Waals surface area contributed by atoms with E-state index < -0.39 is 0 Å². The molecule has 4 nitrogen and oxygen atoms in total. The molecule has 3 aliphatic heterocycles. The number of aromatic nitrogens is 1. The predicted octanol–water partition coefficient (Wildman–Crippen LogP) is 4.35. The zero-order chi connectivity index (χ0) is 18.2. The Morgan fingerprint density at radius 3 is 2.78 bits per heavy atom. The van der Waals surface area contributed by atoms with Crippen LogP contribution in [-0.4, -0.2) is 34.8 Å². The molecular formula is C23H24N2O2. The van der Waals surface area contributed by atoms with Gasteiger partial charge in [-0.05, 0) is 68.0 Å². The van der Waals surface area contributed by atoms with Gasteiger partial charge in [0.05, 0.1) is 0 Å². The summed E-state index contributed by atoms with van der Waals surface area (Å²) in [6, 6.07) is 14.3. The van der Waals surface area contributed by atoms with Gasteiger partial charge in [0.25, 0.3) is 0 Å². The standard InChI is InChI=1S/C23H24N2O2/c26-21(23-13-18-5-1-2-6-22(18)27-23)14-19-17-7-10-25(11-8-17)20(19)12-16-4-3-9-24-15-16/h1-6,9,13,15,17,19-20H,7-8,10-12,14H2/t19-,20+/m1/s1. The van der Waals surface area contributed by atoms with Crippen molar-refractivity contribution < 1.29 is 9.21 Å². The maximum Gasteiger partial charge on any atom is 0.198 e. The van der Waals surface area contributed by atoms with Gasteiger partial charge in [0.2, 0.25) is 0 Å². The molecule has 2 atom stereocenters. The molecule has 0 aliphatic carbocycles. The Kier molecular flexibility index (Phi) is 4.29. The summed E-state index contributed by atoms with van der Waals surface area (Å²) in [4.78, 5) is 19.9. The molecule has 6 rings (SSSR count). The zero-order valence-corrected chi connectivity index (χ0v) is 15.4. The second-order valence-electron chi connectivity index (χ2n) is 7.95. The van der Waals surface area contributed by atoms with E-state index in [1.54, 1.807) is 0 Å². The molecule has 1 aromatic carbocycles. The van der Waals surface area contributed by atoms with Crippen LogP contribution >= 0.6 is 0 Å². The van der Waals surface area contributed by atoms with Crippen LogP contribution in [0.4, 0.5) is 0 Å². The molecule has 0 N–H and O–H groups in total. The summed E-state index contributed by atoms with van der Waals surface area (Å²) in [5.74, 6) is 1.69. The van der Waals surface area contributed by atoms with Crippen molar-refractivity contribution in [1.29, 1.82) is 0 Å². The summed E-state index contributed by atoms with van der Waals surface area (Å²) in [6.07, 6.45) is 7.75. The van der Waals surface area contributed by atoms with E-state index >= 15 is 0 Å². The third-order valence-corrected chi connectivity index (χ3v) is 6.43. The lowest BCUT2D eigenvalue weighted by atomic mass is 9.70. The van der Waals surface area contributed by atoms with Crippen LogP contribution in [0.25, 0.3) is 11.0 Å². The molecule has 0 amide bonds. The molecule has 3 saturated heterocycles. The highest BCUT2D eigenvalue weighted by Crippen LogP contribution is 2.41. The van der Waals surface area contributed by atoms with Crippen LogP contribution in [-0.2, 0) is 6.42 Å². The van der Waals surface area contributed by atoms with Crippen LogP contribution in [0.1, 0.15) is 35.4 Å². The van der Waals surface area contributed by atoms with Gasteiger partial charge in [0, 0.05) is 30.2 Å². The fraction of sp³-hybridized carbons (Fsp3) is 0.391. The molecule has 4 heteroatoms. The van der Waals surface area contributed by atoms with E-state index in [9.17, 15) is 4.79 Å². The molecule has 0 saturated carbocycles. The van der Waals surface area contributed by atoms with E-state index in [0.29, 0.717) is 30.1 Å². The number of para-hydroxylation sites is 1. The third kappa shape index (κ3) is 3.19. The molecule has 138 valence electrons. The first-order chi connectivity index (χ1) is 13.3. The number of furan rings is 1. The number of carbonyl (C=O) groups excluding carboxylic acids is 1. The average molecular weight is 360 g/mol. The second kappa shape index (κ2) is 6.93. The van der Waals surface area contributed by atoms with Crippen LogP contribution in [0.3, 0.4) is 0 Å². The molecular weight excluding hydrogens is 336 g/mol. The molecule has 3 fully saturated rings. The molecule has 3 aromatic rings. The maximum absolute atomic E-state index is 13.0. The normalized spacial score (nSPS) is 27.1. The fourth-order valence-electron chi connectivity index (χ4n) is 5.04. The van der Waals surface area contributed by atoms with Crippen LogP contribution in [0.2, 0.25) is 0 Å². The smallest absolute Gasteiger partial charge is 0.198 e. The van der Waals surface area contributed by atoms with Crippen molar-refractivity contribution in [2.75, 3.05) is 13.1 Å². The highest BCUT2D eigenvalue weighted by Gasteiger charge is 2.43. The van der Waals surface area contributed by atoms with Gasteiger partial charge in [0.1, 0.15) is 5.58 Å². The number of fused-ring (bicyclic) bond motifs is 4. The van der Waals surface area contributed by atoms with Gasteiger partial charge < -0.3 is 4.42 Å². The second-order valence-corrected chi connectivity index (χ2v) is 7.95. The summed E-state index contributed by atoms with van der Waals surface area (Å²) in [7, 11) is 0. The fourth-order valence-corrected chi connectivity index (χ4v) is 5.04. The van der Waals surface area contributed by atoms with E-state index in [-0.39, 0.29) is 5.78 Å². The van der Waals surface area contributed by atoms with Crippen molar-refractivity contribution in [1.82, 2.24) is 9.88 Å². The average Bonchev–Trinajstić information content (AvgIpc) is 3.16. The van der Waals surface area contributed by atoms with Crippen molar-refractivity contribution in [3.05, 3.63) is 66.2 Å². The molecule has 0 unspecified atom stereocenters. The SMILES string of the molecule is O=C(C[C@@H]1C2CCN(CC2)[C@H]1Cc1cccnc1)c1cc2ccccc2o1. The number of rotatable bonds is 5. The summed E-state index contributed by atoms with van der Waals surface area (Å²) in [5.41, 5.74) is 2.05. The highest BCUT2D eigenvalue weighted by atomic mass is 16.3. The summed E-state index contributed by atoms with van der Waals surface area (Å²) in [5, 5.41) is 1.00. The Morgan fingerprint density at radius 1 is 1.15 bits per heavy atom. The predicted molar refractivity (Wildman–Crippen MR) is 105 cm³/mol. The number of ketones is 1. The van der Waals surface area contributed by atoms with Crippen LogP contribution in [0.15, 0.2) is 59.3 Å². The van der Waals surface area contributed by atoms with Gasteiger partial charge in [-0.1, -0.05) is 24.3 Å². The van der Waals surface area contributed by atoms with Crippen LogP contribution in [0.5, 0.6) is 0 Å². The number of carbonyl (C=O) groups is 1. The third-order valence-electron chi connectivity index (χ3n) is 6.43. The van der Waals surface area contributed by atoms with E-state index in [0.717, 1.165) is 30.5 Å². The number of Topliss-reactive ketones (excluding diaryl/α,β-unsaturated/α-hetero) is 1. The van der Waals surface area contributed by atoms with Gasteiger partial charge >= 0.3 is 0 Å². The van der Waals surface area contributed by atoms with E-state index in [4.69, 9.17) is 4.42 Å². The number of hydrogen-bond donors (Lipinski definition) is 0. The monoisotopic (exact) mass is 360 g/mol. The zero-order valence-electron chi connectivity index (χ0n) is 15.4. The van der Waals surface area contributed by atoms with E-state index in [2.05, 4.69) is 16.0 Å². The van der Waals surface area contributed by atoms with Crippen molar-refractivity contribution in [2.45, 2.75) is 31.7 Å². The quantitative estimate of drug-likeness (QED) is 0.635. The number of benzene rings is 1. The Bertz CT molecular complexity index is 908. The van der Waals surface area contributed by atoms with Crippen LogP contribution < -0.4 is 0 Å². The molecule has 3 aliphatic rings. The van der Waals surface area contributed by atoms with Gasteiger partial charge in [-0.25, -0.2) is 0 Å². The Balaban J connectivity index is 1.38. The minimum absolute atomic E-state index is 0.140. The lowest BCUT2D eigenvalue weighted by Gasteiger charge is -2.51. The molecule has 27 heavy (non-hydrogen) atoms. The number of hydrogen-bond acceptors (Lipinski definition) is 4. The Labute approximate surface area is 159 Å². The van der Waals surface area contributed by atoms with Crippen molar-refractivity contribution in [2.24, 2.45) is 11.8 Å². The van der Waals surface area contributed by atoms with Crippen molar-refractivity contribution in [3.63, 3.8) is 0 Å². The maximum atomic E-state index is 13.0. The first-order valence-corrected chi connectivity index (χ1v) is 9.92. The minimum atomic E-state index is 0.140. The number of pyridine rings is 1. The molecule has 5 heterocycles.